The van der Waals surface area contributed by atoms with Crippen LogP contribution in [0.25, 0.3) is 0 Å². The number of halogens is 1. The molecule has 3 nitrogen and oxygen atoms in total. The first-order chi connectivity index (χ1) is 7.71. The predicted octanol–water partition coefficient (Wildman–Crippen LogP) is 2.44. The minimum atomic E-state index is -0.0240. The summed E-state index contributed by atoms with van der Waals surface area (Å²) in [7, 11) is 1.57. The second-order valence-corrected chi connectivity index (χ2v) is 3.52. The second-order valence-electron chi connectivity index (χ2n) is 3.26. The van der Waals surface area contributed by atoms with Crippen LogP contribution in [0.5, 0.6) is 11.5 Å². The van der Waals surface area contributed by atoms with E-state index in [-0.39, 0.29) is 11.7 Å². The van der Waals surface area contributed by atoms with Crippen molar-refractivity contribution in [2.45, 2.75) is 13.3 Å². The zero-order chi connectivity index (χ0) is 12.0. The molecule has 4 heteroatoms. The van der Waals surface area contributed by atoms with E-state index in [4.69, 9.17) is 21.1 Å². The molecule has 0 N–H and O–H groups in total. The maximum absolute atomic E-state index is 11.2. The number of hydrogen-bond donors (Lipinski definition) is 0. The molecular formula is C12H15ClO3. The number of ketones is 1. The molecule has 1 rings (SSSR count). The monoisotopic (exact) mass is 242 g/mol. The molecule has 0 aromatic heterocycles. The molecule has 0 aliphatic heterocycles. The number of methoxy groups -OCH3 is 1. The van der Waals surface area contributed by atoms with E-state index in [0.717, 1.165) is 11.3 Å². The summed E-state index contributed by atoms with van der Waals surface area (Å²) in [6.45, 7) is 2.51. The highest BCUT2D eigenvalue weighted by Crippen LogP contribution is 2.25. The first kappa shape index (κ1) is 12.8. The lowest BCUT2D eigenvalue weighted by molar-refractivity contribution is -0.116. The topological polar surface area (TPSA) is 35.5 Å². The van der Waals surface area contributed by atoms with E-state index in [1.165, 1.54) is 0 Å². The summed E-state index contributed by atoms with van der Waals surface area (Å²) in [6, 6.07) is 5.43. The highest BCUT2D eigenvalue weighted by atomic mass is 35.5. The summed E-state index contributed by atoms with van der Waals surface area (Å²) >= 11 is 5.46. The molecule has 0 atom stereocenters. The molecule has 0 heterocycles. The van der Waals surface area contributed by atoms with Gasteiger partial charge >= 0.3 is 0 Å². The first-order valence-corrected chi connectivity index (χ1v) is 5.62. The average Bonchev–Trinajstić information content (AvgIpc) is 2.31. The van der Waals surface area contributed by atoms with E-state index in [1.54, 1.807) is 13.2 Å². The highest BCUT2D eigenvalue weighted by Gasteiger charge is 2.09. The lowest BCUT2D eigenvalue weighted by Crippen LogP contribution is -2.05. The lowest BCUT2D eigenvalue weighted by atomic mass is 10.1. The van der Waals surface area contributed by atoms with Gasteiger partial charge in [0, 0.05) is 18.1 Å². The van der Waals surface area contributed by atoms with Gasteiger partial charge in [-0.05, 0) is 13.0 Å². The van der Waals surface area contributed by atoms with E-state index in [9.17, 15) is 4.79 Å². The Morgan fingerprint density at radius 1 is 1.44 bits per heavy atom. The molecule has 1 aromatic rings. The third-order valence-corrected chi connectivity index (χ3v) is 2.40. The predicted molar refractivity (Wildman–Crippen MR) is 63.6 cm³/mol. The number of Topliss-reactive ketones (excluding diaryl/α,β-unsaturated/α-hetero) is 1. The Morgan fingerprint density at radius 3 is 2.75 bits per heavy atom. The first-order valence-electron chi connectivity index (χ1n) is 5.08. The van der Waals surface area contributed by atoms with Crippen molar-refractivity contribution in [1.29, 1.82) is 0 Å². The number of rotatable bonds is 6. The Bertz CT molecular complexity index is 363. The van der Waals surface area contributed by atoms with E-state index < -0.39 is 0 Å². The number of carbonyl (C=O) groups is 1. The molecule has 0 unspecified atom stereocenters. The standard InChI is InChI=1S/C12H15ClO3/c1-3-16-11-5-4-9(6-10(14)8-13)12(7-11)15-2/h4-5,7H,3,6,8H2,1-2H3. The van der Waals surface area contributed by atoms with Gasteiger partial charge in [-0.15, -0.1) is 11.6 Å². The van der Waals surface area contributed by atoms with E-state index in [2.05, 4.69) is 0 Å². The van der Waals surface area contributed by atoms with E-state index >= 15 is 0 Å². The Balaban J connectivity index is 2.88. The van der Waals surface area contributed by atoms with Gasteiger partial charge in [0.05, 0.1) is 19.6 Å². The van der Waals surface area contributed by atoms with Crippen LogP contribution < -0.4 is 9.47 Å². The van der Waals surface area contributed by atoms with Gasteiger partial charge in [-0.25, -0.2) is 0 Å². The van der Waals surface area contributed by atoms with Crippen LogP contribution in [-0.2, 0) is 11.2 Å². The lowest BCUT2D eigenvalue weighted by Gasteiger charge is -2.10. The zero-order valence-corrected chi connectivity index (χ0v) is 10.2. The minimum Gasteiger partial charge on any atom is -0.496 e. The molecular weight excluding hydrogens is 228 g/mol. The molecule has 0 spiro atoms. The van der Waals surface area contributed by atoms with Gasteiger partial charge in [0.15, 0.2) is 5.78 Å². The Hall–Kier alpha value is -1.22. The molecule has 0 bridgehead atoms. The number of ether oxygens (including phenoxy) is 2. The normalized spacial score (nSPS) is 9.94. The van der Waals surface area contributed by atoms with Crippen molar-refractivity contribution in [1.82, 2.24) is 0 Å². The van der Waals surface area contributed by atoms with Crippen molar-refractivity contribution >= 4 is 17.4 Å². The van der Waals surface area contributed by atoms with Crippen LogP contribution in [-0.4, -0.2) is 25.4 Å². The molecule has 16 heavy (non-hydrogen) atoms. The quantitative estimate of drug-likeness (QED) is 0.719. The van der Waals surface area contributed by atoms with Gasteiger partial charge in [0.1, 0.15) is 11.5 Å². The van der Waals surface area contributed by atoms with Gasteiger partial charge < -0.3 is 9.47 Å². The summed E-state index contributed by atoms with van der Waals surface area (Å²) in [6.07, 6.45) is 0.291. The Morgan fingerprint density at radius 2 is 2.19 bits per heavy atom. The van der Waals surface area contributed by atoms with Gasteiger partial charge in [-0.1, -0.05) is 6.07 Å². The summed E-state index contributed by atoms with van der Waals surface area (Å²) in [5.41, 5.74) is 0.830. The van der Waals surface area contributed by atoms with Crippen LogP contribution in [0.4, 0.5) is 0 Å². The number of carbonyl (C=O) groups excluding carboxylic acids is 1. The zero-order valence-electron chi connectivity index (χ0n) is 9.46. The fourth-order valence-corrected chi connectivity index (χ4v) is 1.48. The van der Waals surface area contributed by atoms with Crippen LogP contribution in [0.3, 0.4) is 0 Å². The smallest absolute Gasteiger partial charge is 0.152 e. The van der Waals surface area contributed by atoms with E-state index in [0.29, 0.717) is 18.8 Å². The molecule has 0 amide bonds. The van der Waals surface area contributed by atoms with Gasteiger partial charge in [0.2, 0.25) is 0 Å². The molecule has 88 valence electrons. The van der Waals surface area contributed by atoms with Crippen LogP contribution in [0, 0.1) is 0 Å². The molecule has 0 fully saturated rings. The van der Waals surface area contributed by atoms with Gasteiger partial charge in [-0.3, -0.25) is 4.79 Å². The second kappa shape index (κ2) is 6.38. The van der Waals surface area contributed by atoms with Crippen LogP contribution in [0.15, 0.2) is 18.2 Å². The van der Waals surface area contributed by atoms with Gasteiger partial charge in [-0.2, -0.15) is 0 Å². The maximum Gasteiger partial charge on any atom is 0.152 e. The molecule has 0 saturated carbocycles. The molecule has 0 saturated heterocycles. The fraction of sp³-hybridized carbons (Fsp3) is 0.417. The minimum absolute atomic E-state index is 0.0240. The Kier molecular flexibility index (Phi) is 5.12. The summed E-state index contributed by atoms with van der Waals surface area (Å²) in [5.74, 6) is 1.39. The van der Waals surface area contributed by atoms with Crippen molar-refractivity contribution in [2.24, 2.45) is 0 Å². The van der Waals surface area contributed by atoms with Crippen molar-refractivity contribution in [2.75, 3.05) is 19.6 Å². The third-order valence-electron chi connectivity index (χ3n) is 2.11. The molecule has 1 aromatic carbocycles. The fourth-order valence-electron chi connectivity index (χ4n) is 1.39. The van der Waals surface area contributed by atoms with Crippen LogP contribution in [0.1, 0.15) is 12.5 Å². The van der Waals surface area contributed by atoms with Crippen LogP contribution in [0.2, 0.25) is 0 Å². The largest absolute Gasteiger partial charge is 0.496 e. The molecule has 0 aliphatic rings. The molecule has 0 radical (unpaired) electrons. The Labute approximate surface area is 100 Å². The maximum atomic E-state index is 11.2. The number of alkyl halides is 1. The third kappa shape index (κ3) is 3.42. The van der Waals surface area contributed by atoms with Crippen LogP contribution >= 0.6 is 11.6 Å². The highest BCUT2D eigenvalue weighted by molar-refractivity contribution is 6.27. The SMILES string of the molecule is CCOc1ccc(CC(=O)CCl)c(OC)c1. The summed E-state index contributed by atoms with van der Waals surface area (Å²) in [4.78, 5) is 11.2. The summed E-state index contributed by atoms with van der Waals surface area (Å²) in [5, 5.41) is 0. The van der Waals surface area contributed by atoms with Crippen molar-refractivity contribution in [3.8, 4) is 11.5 Å². The number of hydrogen-bond acceptors (Lipinski definition) is 3. The average molecular weight is 243 g/mol. The van der Waals surface area contributed by atoms with Crippen molar-refractivity contribution in [3.05, 3.63) is 23.8 Å². The van der Waals surface area contributed by atoms with Gasteiger partial charge in [0.25, 0.3) is 0 Å². The van der Waals surface area contributed by atoms with Crippen molar-refractivity contribution in [3.63, 3.8) is 0 Å². The molecule has 0 aliphatic carbocycles. The van der Waals surface area contributed by atoms with Crippen molar-refractivity contribution < 1.29 is 14.3 Å². The summed E-state index contributed by atoms with van der Waals surface area (Å²) < 4.78 is 10.5. The number of benzene rings is 1. The van der Waals surface area contributed by atoms with E-state index in [1.807, 2.05) is 19.1 Å².